The second-order valence-corrected chi connectivity index (χ2v) is 4.20. The zero-order valence-corrected chi connectivity index (χ0v) is 10.7. The standard InChI is InChI=1S/C15H17FN2/c1-3-18(13-9-5-4-7-11(13)2)14-10-6-8-12(16)15(14)17/h4-10H,3,17H2,1-2H3. The number of nitrogens with two attached hydrogens (primary N) is 1. The molecule has 2 N–H and O–H groups in total. The minimum Gasteiger partial charge on any atom is -0.395 e. The van der Waals surface area contributed by atoms with Crippen LogP contribution in [0.15, 0.2) is 42.5 Å². The number of halogens is 1. The molecule has 0 amide bonds. The number of hydrogen-bond donors (Lipinski definition) is 1. The molecule has 0 saturated carbocycles. The highest BCUT2D eigenvalue weighted by molar-refractivity contribution is 5.76. The minimum atomic E-state index is -0.375. The predicted octanol–water partition coefficient (Wildman–Crippen LogP) is 3.87. The Morgan fingerprint density at radius 1 is 1.06 bits per heavy atom. The van der Waals surface area contributed by atoms with Crippen LogP contribution in [-0.4, -0.2) is 6.54 Å². The molecule has 2 rings (SSSR count). The normalized spacial score (nSPS) is 10.4. The second kappa shape index (κ2) is 5.08. The van der Waals surface area contributed by atoms with Crippen LogP contribution in [-0.2, 0) is 0 Å². The quantitative estimate of drug-likeness (QED) is 0.830. The van der Waals surface area contributed by atoms with Crippen LogP contribution in [0.5, 0.6) is 0 Å². The van der Waals surface area contributed by atoms with Crippen LogP contribution >= 0.6 is 0 Å². The van der Waals surface area contributed by atoms with Crippen molar-refractivity contribution in [1.82, 2.24) is 0 Å². The molecule has 0 aliphatic carbocycles. The SMILES string of the molecule is CCN(c1ccccc1C)c1cccc(F)c1N. The Bertz CT molecular complexity index is 552. The van der Waals surface area contributed by atoms with Crippen molar-refractivity contribution in [3.8, 4) is 0 Å². The monoisotopic (exact) mass is 244 g/mol. The van der Waals surface area contributed by atoms with E-state index in [-0.39, 0.29) is 11.5 Å². The van der Waals surface area contributed by atoms with E-state index in [2.05, 4.69) is 0 Å². The fourth-order valence-corrected chi connectivity index (χ4v) is 2.10. The van der Waals surface area contributed by atoms with Crippen LogP contribution in [0, 0.1) is 12.7 Å². The fraction of sp³-hybridized carbons (Fsp3) is 0.200. The molecule has 0 aliphatic heterocycles. The molecule has 18 heavy (non-hydrogen) atoms. The lowest BCUT2D eigenvalue weighted by Crippen LogP contribution is -2.18. The molecule has 0 aromatic heterocycles. The lowest BCUT2D eigenvalue weighted by Gasteiger charge is -2.26. The van der Waals surface area contributed by atoms with Gasteiger partial charge in [-0.15, -0.1) is 0 Å². The van der Waals surface area contributed by atoms with Crippen molar-refractivity contribution in [3.63, 3.8) is 0 Å². The van der Waals surface area contributed by atoms with Crippen LogP contribution in [0.25, 0.3) is 0 Å². The average Bonchev–Trinajstić information content (AvgIpc) is 2.37. The third-order valence-corrected chi connectivity index (χ3v) is 3.04. The van der Waals surface area contributed by atoms with Gasteiger partial charge in [-0.2, -0.15) is 0 Å². The maximum atomic E-state index is 13.5. The van der Waals surface area contributed by atoms with Crippen molar-refractivity contribution in [3.05, 3.63) is 53.8 Å². The van der Waals surface area contributed by atoms with E-state index in [1.807, 2.05) is 49.1 Å². The Morgan fingerprint density at radius 2 is 1.72 bits per heavy atom. The fourth-order valence-electron chi connectivity index (χ4n) is 2.10. The topological polar surface area (TPSA) is 29.3 Å². The molecule has 2 aromatic rings. The van der Waals surface area contributed by atoms with E-state index < -0.39 is 0 Å². The molecular formula is C15H17FN2. The summed E-state index contributed by atoms with van der Waals surface area (Å²) >= 11 is 0. The van der Waals surface area contributed by atoms with Gasteiger partial charge in [-0.3, -0.25) is 0 Å². The summed E-state index contributed by atoms with van der Waals surface area (Å²) < 4.78 is 13.5. The number of nitrogens with zero attached hydrogens (tertiary/aromatic N) is 1. The van der Waals surface area contributed by atoms with Crippen molar-refractivity contribution < 1.29 is 4.39 Å². The summed E-state index contributed by atoms with van der Waals surface area (Å²) in [5.74, 6) is -0.375. The molecule has 0 fully saturated rings. The smallest absolute Gasteiger partial charge is 0.148 e. The molecule has 0 heterocycles. The number of anilines is 3. The lowest BCUT2D eigenvalue weighted by molar-refractivity contribution is 0.632. The maximum absolute atomic E-state index is 13.5. The molecule has 0 bridgehead atoms. The van der Waals surface area contributed by atoms with Gasteiger partial charge in [0.25, 0.3) is 0 Å². The average molecular weight is 244 g/mol. The largest absolute Gasteiger partial charge is 0.395 e. The summed E-state index contributed by atoms with van der Waals surface area (Å²) in [6, 6.07) is 12.9. The highest BCUT2D eigenvalue weighted by Crippen LogP contribution is 2.33. The van der Waals surface area contributed by atoms with Crippen molar-refractivity contribution in [2.75, 3.05) is 17.2 Å². The van der Waals surface area contributed by atoms with Gasteiger partial charge in [-0.05, 0) is 37.6 Å². The predicted molar refractivity (Wildman–Crippen MR) is 74.7 cm³/mol. The first-order valence-corrected chi connectivity index (χ1v) is 6.02. The molecule has 0 radical (unpaired) electrons. The summed E-state index contributed by atoms with van der Waals surface area (Å²) in [5.41, 5.74) is 8.94. The number of aryl methyl sites for hydroxylation is 1. The van der Waals surface area contributed by atoms with Crippen molar-refractivity contribution >= 4 is 17.1 Å². The first-order chi connectivity index (χ1) is 8.65. The van der Waals surface area contributed by atoms with Crippen LogP contribution in [0.2, 0.25) is 0 Å². The van der Waals surface area contributed by atoms with Crippen LogP contribution in [0.1, 0.15) is 12.5 Å². The summed E-state index contributed by atoms with van der Waals surface area (Å²) in [7, 11) is 0. The van der Waals surface area contributed by atoms with E-state index in [0.29, 0.717) is 5.69 Å². The van der Waals surface area contributed by atoms with Gasteiger partial charge >= 0.3 is 0 Å². The summed E-state index contributed by atoms with van der Waals surface area (Å²) in [6.07, 6.45) is 0. The van der Waals surface area contributed by atoms with Crippen molar-refractivity contribution in [1.29, 1.82) is 0 Å². The highest BCUT2D eigenvalue weighted by atomic mass is 19.1. The lowest BCUT2D eigenvalue weighted by atomic mass is 10.1. The van der Waals surface area contributed by atoms with Gasteiger partial charge in [0.05, 0.1) is 11.4 Å². The van der Waals surface area contributed by atoms with Crippen LogP contribution in [0.4, 0.5) is 21.5 Å². The van der Waals surface area contributed by atoms with Gasteiger partial charge in [-0.1, -0.05) is 24.3 Å². The highest BCUT2D eigenvalue weighted by Gasteiger charge is 2.14. The minimum absolute atomic E-state index is 0.197. The summed E-state index contributed by atoms with van der Waals surface area (Å²) in [5, 5.41) is 0. The van der Waals surface area contributed by atoms with E-state index in [9.17, 15) is 4.39 Å². The molecule has 0 spiro atoms. The molecule has 2 nitrogen and oxygen atoms in total. The molecule has 0 atom stereocenters. The van der Waals surface area contributed by atoms with Gasteiger partial charge in [0, 0.05) is 12.2 Å². The van der Waals surface area contributed by atoms with Crippen molar-refractivity contribution in [2.45, 2.75) is 13.8 Å². The number of hydrogen-bond acceptors (Lipinski definition) is 2. The van der Waals surface area contributed by atoms with E-state index in [1.54, 1.807) is 6.07 Å². The molecule has 2 aromatic carbocycles. The number of rotatable bonds is 3. The van der Waals surface area contributed by atoms with Gasteiger partial charge in [0.2, 0.25) is 0 Å². The maximum Gasteiger partial charge on any atom is 0.148 e. The Morgan fingerprint density at radius 3 is 2.39 bits per heavy atom. The molecular weight excluding hydrogens is 227 g/mol. The third-order valence-electron chi connectivity index (χ3n) is 3.04. The molecule has 0 unspecified atom stereocenters. The Hall–Kier alpha value is -2.03. The molecule has 0 aliphatic rings. The van der Waals surface area contributed by atoms with E-state index in [1.165, 1.54) is 6.07 Å². The van der Waals surface area contributed by atoms with Gasteiger partial charge < -0.3 is 10.6 Å². The van der Waals surface area contributed by atoms with Gasteiger partial charge in [0.1, 0.15) is 5.82 Å². The molecule has 94 valence electrons. The van der Waals surface area contributed by atoms with Gasteiger partial charge in [-0.25, -0.2) is 4.39 Å². The Balaban J connectivity index is 2.53. The van der Waals surface area contributed by atoms with Crippen LogP contribution in [0.3, 0.4) is 0 Å². The van der Waals surface area contributed by atoms with Crippen LogP contribution < -0.4 is 10.6 Å². The van der Waals surface area contributed by atoms with E-state index in [4.69, 9.17) is 5.73 Å². The molecule has 3 heteroatoms. The number of benzene rings is 2. The third kappa shape index (κ3) is 2.16. The van der Waals surface area contributed by atoms with Crippen molar-refractivity contribution in [2.24, 2.45) is 0 Å². The van der Waals surface area contributed by atoms with Gasteiger partial charge in [0.15, 0.2) is 0 Å². The molecule has 0 saturated heterocycles. The van der Waals surface area contributed by atoms with E-state index >= 15 is 0 Å². The Labute approximate surface area is 107 Å². The number of nitrogen functional groups attached to an aromatic ring is 1. The Kier molecular flexibility index (Phi) is 3.51. The first kappa shape index (κ1) is 12.4. The van der Waals surface area contributed by atoms with E-state index in [0.717, 1.165) is 17.8 Å². The summed E-state index contributed by atoms with van der Waals surface area (Å²) in [6.45, 7) is 4.79. The first-order valence-electron chi connectivity index (χ1n) is 6.02. The summed E-state index contributed by atoms with van der Waals surface area (Å²) in [4.78, 5) is 2.02. The zero-order valence-electron chi connectivity index (χ0n) is 10.7. The zero-order chi connectivity index (χ0) is 13.1. The number of para-hydroxylation sites is 2. The second-order valence-electron chi connectivity index (χ2n) is 4.20.